The number of anilines is 2. The summed E-state index contributed by atoms with van der Waals surface area (Å²) >= 11 is 1.67. The topological polar surface area (TPSA) is 71.2 Å². The molecule has 4 rings (SSSR count). The second-order valence-electron chi connectivity index (χ2n) is 6.57. The summed E-state index contributed by atoms with van der Waals surface area (Å²) in [4.78, 5) is 19.3. The Morgan fingerprint density at radius 1 is 1.32 bits per heavy atom. The Morgan fingerprint density at radius 2 is 2.20 bits per heavy atom. The van der Waals surface area contributed by atoms with E-state index >= 15 is 0 Å². The number of aromatic nitrogens is 4. The largest absolute Gasteiger partial charge is 0.355 e. The molecular formula is C17H22N6OS. The van der Waals surface area contributed by atoms with Gasteiger partial charge in [0.15, 0.2) is 0 Å². The van der Waals surface area contributed by atoms with E-state index in [4.69, 9.17) is 9.51 Å². The molecule has 0 aliphatic carbocycles. The summed E-state index contributed by atoms with van der Waals surface area (Å²) in [6, 6.07) is 2.12. The lowest BCUT2D eigenvalue weighted by Crippen LogP contribution is -2.35. The zero-order valence-corrected chi connectivity index (χ0v) is 15.6. The molecule has 0 saturated carbocycles. The van der Waals surface area contributed by atoms with Crippen LogP contribution in [0, 0.1) is 0 Å². The van der Waals surface area contributed by atoms with E-state index in [2.05, 4.69) is 38.4 Å². The third kappa shape index (κ3) is 3.06. The van der Waals surface area contributed by atoms with Crippen molar-refractivity contribution in [2.45, 2.75) is 32.1 Å². The van der Waals surface area contributed by atoms with Gasteiger partial charge in [0.25, 0.3) is 5.95 Å². The molecule has 4 heterocycles. The van der Waals surface area contributed by atoms with Gasteiger partial charge >= 0.3 is 0 Å². The van der Waals surface area contributed by atoms with Crippen LogP contribution in [0.15, 0.2) is 16.0 Å². The molecule has 0 amide bonds. The van der Waals surface area contributed by atoms with Gasteiger partial charge in [0, 0.05) is 33.6 Å². The molecule has 0 radical (unpaired) electrons. The fourth-order valence-electron chi connectivity index (χ4n) is 3.23. The number of thiophene rings is 1. The third-order valence-corrected chi connectivity index (χ3v) is 5.38. The summed E-state index contributed by atoms with van der Waals surface area (Å²) in [5, 5.41) is 7.28. The fourth-order valence-corrected chi connectivity index (χ4v) is 4.00. The molecule has 0 spiro atoms. The first kappa shape index (κ1) is 16.3. The van der Waals surface area contributed by atoms with Crippen LogP contribution >= 0.6 is 11.3 Å². The minimum atomic E-state index is 0.240. The molecule has 25 heavy (non-hydrogen) atoms. The van der Waals surface area contributed by atoms with Gasteiger partial charge in [0.1, 0.15) is 16.5 Å². The average Bonchev–Trinajstić information content (AvgIpc) is 3.30. The van der Waals surface area contributed by atoms with Crippen LogP contribution in [-0.2, 0) is 6.42 Å². The second-order valence-corrected chi connectivity index (χ2v) is 7.46. The molecule has 1 saturated heterocycles. The van der Waals surface area contributed by atoms with Crippen LogP contribution in [0.3, 0.4) is 0 Å². The molecule has 7 nitrogen and oxygen atoms in total. The van der Waals surface area contributed by atoms with Crippen molar-refractivity contribution in [3.05, 3.63) is 23.2 Å². The molecule has 3 aromatic rings. The summed E-state index contributed by atoms with van der Waals surface area (Å²) in [5.74, 6) is 3.53. The first-order valence-corrected chi connectivity index (χ1v) is 9.53. The Bertz CT molecular complexity index is 873. The van der Waals surface area contributed by atoms with E-state index in [1.165, 1.54) is 0 Å². The Kier molecular flexibility index (Phi) is 4.29. The molecule has 0 aromatic carbocycles. The van der Waals surface area contributed by atoms with Gasteiger partial charge in [-0.3, -0.25) is 0 Å². The first-order chi connectivity index (χ1) is 12.2. The third-order valence-electron chi connectivity index (χ3n) is 4.57. The molecule has 132 valence electrons. The van der Waals surface area contributed by atoms with Gasteiger partial charge in [-0.2, -0.15) is 4.98 Å². The van der Waals surface area contributed by atoms with Crippen LogP contribution in [0.2, 0.25) is 0 Å². The van der Waals surface area contributed by atoms with E-state index in [-0.39, 0.29) is 5.92 Å². The molecule has 1 atom stereocenters. The van der Waals surface area contributed by atoms with Gasteiger partial charge in [0.2, 0.25) is 5.89 Å². The summed E-state index contributed by atoms with van der Waals surface area (Å²) in [5.41, 5.74) is 0. The van der Waals surface area contributed by atoms with Crippen molar-refractivity contribution in [2.75, 3.05) is 37.0 Å². The highest BCUT2D eigenvalue weighted by Crippen LogP contribution is 2.33. The second kappa shape index (κ2) is 6.59. The smallest absolute Gasteiger partial charge is 0.265 e. The van der Waals surface area contributed by atoms with Crippen LogP contribution < -0.4 is 9.80 Å². The SMILES string of the molecule is CCc1nc(N2CCCC(c3nc(N(C)C)no3)C2)c2ccsc2n1. The Balaban J connectivity index is 1.64. The lowest BCUT2D eigenvalue weighted by atomic mass is 9.98. The molecule has 1 aliphatic heterocycles. The fraction of sp³-hybridized carbons (Fsp3) is 0.529. The number of hydrogen-bond acceptors (Lipinski definition) is 8. The predicted molar refractivity (Wildman–Crippen MR) is 99.6 cm³/mol. The molecule has 0 bridgehead atoms. The normalized spacial score (nSPS) is 18.0. The van der Waals surface area contributed by atoms with Crippen molar-refractivity contribution in [3.63, 3.8) is 0 Å². The predicted octanol–water partition coefficient (Wildman–Crippen LogP) is 3.09. The van der Waals surface area contributed by atoms with Crippen molar-refractivity contribution in [1.29, 1.82) is 0 Å². The maximum Gasteiger partial charge on any atom is 0.265 e. The number of rotatable bonds is 4. The van der Waals surface area contributed by atoms with Crippen molar-refractivity contribution in [1.82, 2.24) is 20.1 Å². The summed E-state index contributed by atoms with van der Waals surface area (Å²) in [7, 11) is 3.84. The van der Waals surface area contributed by atoms with E-state index in [0.29, 0.717) is 5.95 Å². The quantitative estimate of drug-likeness (QED) is 0.709. The van der Waals surface area contributed by atoms with Gasteiger partial charge in [-0.1, -0.05) is 6.92 Å². The van der Waals surface area contributed by atoms with Crippen molar-refractivity contribution >= 4 is 33.3 Å². The summed E-state index contributed by atoms with van der Waals surface area (Å²) in [6.45, 7) is 3.94. The molecule has 1 aliphatic rings. The van der Waals surface area contributed by atoms with Gasteiger partial charge in [0.05, 0.1) is 11.3 Å². The maximum absolute atomic E-state index is 5.51. The number of piperidine rings is 1. The lowest BCUT2D eigenvalue weighted by molar-refractivity contribution is 0.333. The first-order valence-electron chi connectivity index (χ1n) is 8.65. The van der Waals surface area contributed by atoms with Crippen LogP contribution in [0.4, 0.5) is 11.8 Å². The number of nitrogens with zero attached hydrogens (tertiary/aromatic N) is 6. The summed E-state index contributed by atoms with van der Waals surface area (Å²) < 4.78 is 5.51. The summed E-state index contributed by atoms with van der Waals surface area (Å²) in [6.07, 6.45) is 2.99. The van der Waals surface area contributed by atoms with E-state index in [1.807, 2.05) is 19.0 Å². The van der Waals surface area contributed by atoms with E-state index < -0.39 is 0 Å². The molecule has 0 N–H and O–H groups in total. The van der Waals surface area contributed by atoms with Crippen molar-refractivity contribution < 1.29 is 4.52 Å². The molecular weight excluding hydrogens is 336 g/mol. The highest BCUT2D eigenvalue weighted by atomic mass is 32.1. The van der Waals surface area contributed by atoms with Gasteiger partial charge < -0.3 is 14.3 Å². The van der Waals surface area contributed by atoms with Crippen molar-refractivity contribution in [2.24, 2.45) is 0 Å². The van der Waals surface area contributed by atoms with Crippen LogP contribution in [0.25, 0.3) is 10.2 Å². The monoisotopic (exact) mass is 358 g/mol. The maximum atomic E-state index is 5.51. The van der Waals surface area contributed by atoms with E-state index in [0.717, 1.165) is 60.1 Å². The number of aryl methyl sites for hydroxylation is 1. The van der Waals surface area contributed by atoms with E-state index in [1.54, 1.807) is 11.3 Å². The Morgan fingerprint density at radius 3 is 2.96 bits per heavy atom. The standard InChI is InChI=1S/C17H22N6OS/c1-4-13-18-14(12-7-9-25-16(12)19-13)23-8-5-6-11(10-23)15-20-17(21-24-15)22(2)3/h7,9,11H,4-6,8,10H2,1-3H3. The van der Waals surface area contributed by atoms with Gasteiger partial charge in [-0.15, -0.1) is 11.3 Å². The zero-order chi connectivity index (χ0) is 17.4. The van der Waals surface area contributed by atoms with Gasteiger partial charge in [-0.05, 0) is 29.4 Å². The van der Waals surface area contributed by atoms with Crippen LogP contribution in [-0.4, -0.2) is 47.3 Å². The Hall–Kier alpha value is -2.22. The molecule has 3 aromatic heterocycles. The van der Waals surface area contributed by atoms with E-state index in [9.17, 15) is 0 Å². The minimum Gasteiger partial charge on any atom is -0.355 e. The molecule has 1 unspecified atom stereocenters. The highest BCUT2D eigenvalue weighted by Gasteiger charge is 2.28. The average molecular weight is 358 g/mol. The van der Waals surface area contributed by atoms with Crippen LogP contribution in [0.5, 0.6) is 0 Å². The molecule has 8 heteroatoms. The zero-order valence-electron chi connectivity index (χ0n) is 14.8. The van der Waals surface area contributed by atoms with Crippen molar-refractivity contribution in [3.8, 4) is 0 Å². The number of fused-ring (bicyclic) bond motifs is 1. The molecule has 1 fully saturated rings. The van der Waals surface area contributed by atoms with Gasteiger partial charge in [-0.25, -0.2) is 9.97 Å². The highest BCUT2D eigenvalue weighted by molar-refractivity contribution is 7.16. The number of hydrogen-bond donors (Lipinski definition) is 0. The van der Waals surface area contributed by atoms with Crippen LogP contribution in [0.1, 0.15) is 37.4 Å². The minimum absolute atomic E-state index is 0.240. The lowest BCUT2D eigenvalue weighted by Gasteiger charge is -2.32. The Labute approximate surface area is 150 Å².